The molecule has 0 saturated heterocycles. The van der Waals surface area contributed by atoms with E-state index in [1.807, 2.05) is 42.5 Å². The number of sulfone groups is 1. The molecule has 0 aliphatic carbocycles. The molecule has 0 spiro atoms. The zero-order chi connectivity index (χ0) is 17.2. The van der Waals surface area contributed by atoms with Crippen molar-refractivity contribution in [1.29, 1.82) is 0 Å². The zero-order valence-corrected chi connectivity index (χ0v) is 13.3. The van der Waals surface area contributed by atoms with Crippen molar-refractivity contribution in [1.82, 2.24) is 0 Å². The Morgan fingerprint density at radius 3 is 2.25 bits per heavy atom. The number of nitro benzene ring substituents is 1. The molecule has 0 bridgehead atoms. The Morgan fingerprint density at radius 1 is 0.875 bits per heavy atom. The molecule has 0 aliphatic heterocycles. The van der Waals surface area contributed by atoms with Crippen LogP contribution in [0.25, 0.3) is 16.8 Å². The van der Waals surface area contributed by atoms with Gasteiger partial charge in [-0.1, -0.05) is 42.5 Å². The van der Waals surface area contributed by atoms with Crippen LogP contribution in [0.15, 0.2) is 77.0 Å². The fourth-order valence-corrected chi connectivity index (χ4v) is 3.39. The van der Waals surface area contributed by atoms with Crippen molar-refractivity contribution in [2.45, 2.75) is 4.90 Å². The van der Waals surface area contributed by atoms with Crippen LogP contribution >= 0.6 is 0 Å². The average molecular weight is 339 g/mol. The maximum absolute atomic E-state index is 12.4. The molecule has 0 unspecified atom stereocenters. The third-order valence-corrected chi connectivity index (χ3v) is 5.05. The van der Waals surface area contributed by atoms with E-state index in [4.69, 9.17) is 0 Å². The van der Waals surface area contributed by atoms with Gasteiger partial charge in [0.2, 0.25) is 0 Å². The lowest BCUT2D eigenvalue weighted by Crippen LogP contribution is -1.97. The summed E-state index contributed by atoms with van der Waals surface area (Å²) in [6.07, 6.45) is 1.54. The SMILES string of the molecule is O=[N+]([O-])c1ccc(S(=O)(=O)/C=C/c2cccc3ccccc23)cc1. The monoisotopic (exact) mass is 339 g/mol. The number of hydrogen-bond acceptors (Lipinski definition) is 4. The van der Waals surface area contributed by atoms with Crippen LogP contribution in [0.1, 0.15) is 5.56 Å². The summed E-state index contributed by atoms with van der Waals surface area (Å²) in [7, 11) is -3.67. The highest BCUT2D eigenvalue weighted by Crippen LogP contribution is 2.22. The molecule has 0 radical (unpaired) electrons. The maximum Gasteiger partial charge on any atom is 0.269 e. The second kappa shape index (κ2) is 6.25. The van der Waals surface area contributed by atoms with E-state index in [-0.39, 0.29) is 10.6 Å². The topological polar surface area (TPSA) is 77.3 Å². The summed E-state index contributed by atoms with van der Waals surface area (Å²) in [4.78, 5) is 10.1. The zero-order valence-electron chi connectivity index (χ0n) is 12.5. The average Bonchev–Trinajstić information content (AvgIpc) is 2.60. The van der Waals surface area contributed by atoms with Gasteiger partial charge in [-0.15, -0.1) is 0 Å². The molecule has 0 N–H and O–H groups in total. The highest BCUT2D eigenvalue weighted by atomic mass is 32.2. The number of nitrogens with zero attached hydrogens (tertiary/aromatic N) is 1. The Hall–Kier alpha value is -2.99. The molecule has 0 heterocycles. The standard InChI is InChI=1S/C18H13NO4S/c20-19(21)16-8-10-17(11-9-16)24(22,23)13-12-15-6-3-5-14-4-1-2-7-18(14)15/h1-13H/b13-12+. The van der Waals surface area contributed by atoms with Gasteiger partial charge in [0.25, 0.3) is 5.69 Å². The van der Waals surface area contributed by atoms with Gasteiger partial charge in [-0.05, 0) is 34.5 Å². The normalized spacial score (nSPS) is 11.8. The van der Waals surface area contributed by atoms with Crippen LogP contribution in [0.4, 0.5) is 5.69 Å². The van der Waals surface area contributed by atoms with Crippen LogP contribution in [0, 0.1) is 10.1 Å². The Morgan fingerprint density at radius 2 is 1.54 bits per heavy atom. The molecule has 3 rings (SSSR count). The molecule has 0 atom stereocenters. The summed E-state index contributed by atoms with van der Waals surface area (Å²) in [5.74, 6) is 0. The molecule has 0 saturated carbocycles. The second-order valence-corrected chi connectivity index (χ2v) is 7.00. The van der Waals surface area contributed by atoms with Crippen molar-refractivity contribution < 1.29 is 13.3 Å². The lowest BCUT2D eigenvalue weighted by molar-refractivity contribution is -0.384. The summed E-state index contributed by atoms with van der Waals surface area (Å²) in [6.45, 7) is 0. The predicted octanol–water partition coefficient (Wildman–Crippen LogP) is 4.19. The molecule has 120 valence electrons. The van der Waals surface area contributed by atoms with Gasteiger partial charge in [0.1, 0.15) is 0 Å². The van der Waals surface area contributed by atoms with Gasteiger partial charge < -0.3 is 0 Å². The summed E-state index contributed by atoms with van der Waals surface area (Å²) in [5.41, 5.74) is 0.644. The van der Waals surface area contributed by atoms with Crippen molar-refractivity contribution in [3.05, 3.63) is 87.8 Å². The minimum Gasteiger partial charge on any atom is -0.258 e. The first-order chi connectivity index (χ1) is 11.5. The van der Waals surface area contributed by atoms with E-state index in [1.54, 1.807) is 6.08 Å². The van der Waals surface area contributed by atoms with E-state index >= 15 is 0 Å². The fraction of sp³-hybridized carbons (Fsp3) is 0. The van der Waals surface area contributed by atoms with Gasteiger partial charge >= 0.3 is 0 Å². The van der Waals surface area contributed by atoms with E-state index in [9.17, 15) is 18.5 Å². The second-order valence-electron chi connectivity index (χ2n) is 5.17. The molecule has 6 heteroatoms. The summed E-state index contributed by atoms with van der Waals surface area (Å²) in [5, 5.41) is 13.7. The molecular weight excluding hydrogens is 326 g/mol. The van der Waals surface area contributed by atoms with E-state index in [1.165, 1.54) is 24.3 Å². The van der Waals surface area contributed by atoms with E-state index < -0.39 is 14.8 Å². The molecule has 3 aromatic rings. The van der Waals surface area contributed by atoms with E-state index in [0.29, 0.717) is 0 Å². The van der Waals surface area contributed by atoms with Crippen molar-refractivity contribution in [3.63, 3.8) is 0 Å². The number of non-ortho nitro benzene ring substituents is 1. The molecule has 24 heavy (non-hydrogen) atoms. The van der Waals surface area contributed by atoms with Crippen LogP contribution in [0.2, 0.25) is 0 Å². The number of benzene rings is 3. The molecule has 0 aromatic heterocycles. The van der Waals surface area contributed by atoms with Crippen LogP contribution in [-0.2, 0) is 9.84 Å². The highest BCUT2D eigenvalue weighted by molar-refractivity contribution is 7.94. The maximum atomic E-state index is 12.4. The molecule has 0 amide bonds. The Balaban J connectivity index is 1.96. The number of nitro groups is 1. The van der Waals surface area contributed by atoms with Crippen molar-refractivity contribution in [2.24, 2.45) is 0 Å². The first-order valence-electron chi connectivity index (χ1n) is 7.13. The van der Waals surface area contributed by atoms with Gasteiger partial charge in [-0.3, -0.25) is 10.1 Å². The minimum absolute atomic E-state index is 0.0181. The van der Waals surface area contributed by atoms with Gasteiger partial charge in [0.05, 0.1) is 9.82 Å². The molecule has 3 aromatic carbocycles. The van der Waals surface area contributed by atoms with Gasteiger partial charge in [-0.25, -0.2) is 8.42 Å². The van der Waals surface area contributed by atoms with Gasteiger partial charge in [0, 0.05) is 17.5 Å². The molecule has 5 nitrogen and oxygen atoms in total. The Bertz CT molecular complexity index is 1030. The Labute approximate surface area is 138 Å². The summed E-state index contributed by atoms with van der Waals surface area (Å²) in [6, 6.07) is 18.2. The van der Waals surface area contributed by atoms with Crippen molar-refractivity contribution >= 4 is 32.4 Å². The van der Waals surface area contributed by atoms with Crippen LogP contribution in [0.5, 0.6) is 0 Å². The minimum atomic E-state index is -3.67. The molecular formula is C18H13NO4S. The van der Waals surface area contributed by atoms with Gasteiger partial charge in [0.15, 0.2) is 9.84 Å². The number of rotatable bonds is 4. The third kappa shape index (κ3) is 3.18. The van der Waals surface area contributed by atoms with Crippen molar-refractivity contribution in [2.75, 3.05) is 0 Å². The lowest BCUT2D eigenvalue weighted by Gasteiger charge is -2.02. The quantitative estimate of drug-likeness (QED) is 0.527. The van der Waals surface area contributed by atoms with Crippen LogP contribution < -0.4 is 0 Å². The third-order valence-electron chi connectivity index (χ3n) is 3.63. The largest absolute Gasteiger partial charge is 0.269 e. The summed E-state index contributed by atoms with van der Waals surface area (Å²) >= 11 is 0. The molecule has 0 fully saturated rings. The van der Waals surface area contributed by atoms with E-state index in [2.05, 4.69) is 0 Å². The van der Waals surface area contributed by atoms with E-state index in [0.717, 1.165) is 21.7 Å². The number of hydrogen-bond donors (Lipinski definition) is 0. The van der Waals surface area contributed by atoms with Crippen LogP contribution in [-0.4, -0.2) is 13.3 Å². The predicted molar refractivity (Wildman–Crippen MR) is 93.3 cm³/mol. The number of fused-ring (bicyclic) bond motifs is 1. The van der Waals surface area contributed by atoms with Crippen molar-refractivity contribution in [3.8, 4) is 0 Å². The first kappa shape index (κ1) is 15.9. The summed E-state index contributed by atoms with van der Waals surface area (Å²) < 4.78 is 24.7. The lowest BCUT2D eigenvalue weighted by atomic mass is 10.1. The first-order valence-corrected chi connectivity index (χ1v) is 8.67. The Kier molecular flexibility index (Phi) is 4.14. The van der Waals surface area contributed by atoms with Crippen LogP contribution in [0.3, 0.4) is 0 Å². The highest BCUT2D eigenvalue weighted by Gasteiger charge is 2.13. The molecule has 0 aliphatic rings. The van der Waals surface area contributed by atoms with Gasteiger partial charge in [-0.2, -0.15) is 0 Å². The fourth-order valence-electron chi connectivity index (χ4n) is 2.39. The smallest absolute Gasteiger partial charge is 0.258 e.